The number of ether oxygens (including phenoxy) is 3. The van der Waals surface area contributed by atoms with Gasteiger partial charge in [0.1, 0.15) is 0 Å². The largest absolute Gasteiger partial charge is 0.493 e. The summed E-state index contributed by atoms with van der Waals surface area (Å²) in [6.45, 7) is 3.16. The summed E-state index contributed by atoms with van der Waals surface area (Å²) in [6, 6.07) is 4.07. The summed E-state index contributed by atoms with van der Waals surface area (Å²) in [5, 5.41) is 2.87. The topological polar surface area (TPSA) is 60.0 Å². The van der Waals surface area contributed by atoms with Crippen LogP contribution in [0.3, 0.4) is 0 Å². The number of rotatable bonds is 6. The van der Waals surface area contributed by atoms with Crippen molar-refractivity contribution < 1.29 is 19.0 Å². The van der Waals surface area contributed by atoms with E-state index in [9.17, 15) is 4.79 Å². The third kappa shape index (κ3) is 4.33. The molecule has 0 saturated heterocycles. The molecule has 1 atom stereocenters. The zero-order valence-electron chi connectivity index (χ0n) is 17.2. The van der Waals surface area contributed by atoms with Crippen molar-refractivity contribution in [2.24, 2.45) is 0 Å². The van der Waals surface area contributed by atoms with Gasteiger partial charge in [0, 0.05) is 18.7 Å². The molecule has 0 saturated carbocycles. The van der Waals surface area contributed by atoms with Crippen LogP contribution in [0.4, 0.5) is 10.5 Å². The lowest BCUT2D eigenvalue weighted by molar-refractivity contribution is 0.168. The first kappa shape index (κ1) is 20.3. The zero-order valence-corrected chi connectivity index (χ0v) is 17.2. The minimum atomic E-state index is -0.464. The number of benzene rings is 1. The van der Waals surface area contributed by atoms with Gasteiger partial charge < -0.3 is 14.2 Å². The molecule has 1 aliphatic carbocycles. The monoisotopic (exact) mass is 386 g/mol. The molecule has 0 aromatic heterocycles. The molecular formula is C22H30N2O4. The van der Waals surface area contributed by atoms with Gasteiger partial charge in [-0.25, -0.2) is 4.79 Å². The zero-order chi connectivity index (χ0) is 20.1. The second kappa shape index (κ2) is 9.15. The minimum absolute atomic E-state index is 0.301. The lowest BCUT2D eigenvalue weighted by Crippen LogP contribution is -2.40. The Labute approximate surface area is 167 Å². The average Bonchev–Trinajstić information content (AvgIpc) is 2.70. The molecule has 1 unspecified atom stereocenters. The van der Waals surface area contributed by atoms with E-state index in [2.05, 4.69) is 29.4 Å². The Hall–Kier alpha value is -2.47. The summed E-state index contributed by atoms with van der Waals surface area (Å²) in [7, 11) is 5.39. The van der Waals surface area contributed by atoms with E-state index in [1.165, 1.54) is 5.57 Å². The van der Waals surface area contributed by atoms with Crippen molar-refractivity contribution in [2.45, 2.75) is 38.6 Å². The molecule has 1 aromatic carbocycles. The van der Waals surface area contributed by atoms with E-state index < -0.39 is 6.09 Å². The molecule has 2 aliphatic rings. The number of nitrogens with zero attached hydrogens (tertiary/aromatic N) is 1. The average molecular weight is 386 g/mol. The Morgan fingerprint density at radius 2 is 1.89 bits per heavy atom. The predicted octanol–water partition coefficient (Wildman–Crippen LogP) is 4.17. The first-order valence-corrected chi connectivity index (χ1v) is 9.82. The van der Waals surface area contributed by atoms with E-state index >= 15 is 0 Å². The van der Waals surface area contributed by atoms with Gasteiger partial charge in [0.25, 0.3) is 0 Å². The van der Waals surface area contributed by atoms with E-state index in [1.807, 2.05) is 12.1 Å². The van der Waals surface area contributed by atoms with Gasteiger partial charge in [-0.3, -0.25) is 10.2 Å². The van der Waals surface area contributed by atoms with Crippen LogP contribution in [-0.4, -0.2) is 51.5 Å². The first-order valence-electron chi connectivity index (χ1n) is 9.82. The first-order chi connectivity index (χ1) is 13.6. The number of likely N-dealkylation sites (N-methyl/N-ethyl adjacent to an activating group) is 1. The number of nitrogens with one attached hydrogen (secondary N) is 1. The fourth-order valence-corrected chi connectivity index (χ4v) is 4.05. The predicted molar refractivity (Wildman–Crippen MR) is 110 cm³/mol. The van der Waals surface area contributed by atoms with Crippen LogP contribution in [0.5, 0.6) is 11.5 Å². The second-order valence-corrected chi connectivity index (χ2v) is 7.17. The number of anilines is 1. The van der Waals surface area contributed by atoms with Crippen LogP contribution in [0.15, 0.2) is 35.4 Å². The van der Waals surface area contributed by atoms with Crippen LogP contribution in [0.2, 0.25) is 0 Å². The van der Waals surface area contributed by atoms with Gasteiger partial charge in [0.2, 0.25) is 0 Å². The van der Waals surface area contributed by atoms with Gasteiger partial charge in [-0.1, -0.05) is 17.7 Å². The Morgan fingerprint density at radius 3 is 2.61 bits per heavy atom. The van der Waals surface area contributed by atoms with Crippen molar-refractivity contribution in [1.82, 2.24) is 4.90 Å². The Bertz CT molecular complexity index is 785. The Kier molecular flexibility index (Phi) is 6.62. The van der Waals surface area contributed by atoms with Gasteiger partial charge in [-0.2, -0.15) is 0 Å². The molecule has 1 heterocycles. The maximum absolute atomic E-state index is 12.1. The number of hydrogen-bond acceptors (Lipinski definition) is 5. The van der Waals surface area contributed by atoms with Crippen molar-refractivity contribution in [2.75, 3.05) is 39.7 Å². The van der Waals surface area contributed by atoms with Gasteiger partial charge in [0.15, 0.2) is 11.5 Å². The molecule has 6 nitrogen and oxygen atoms in total. The number of carbonyl (C=O) groups is 1. The Morgan fingerprint density at radius 1 is 1.18 bits per heavy atom. The maximum Gasteiger partial charge on any atom is 0.411 e. The number of allylic oxidation sites excluding steroid dienone is 2. The van der Waals surface area contributed by atoms with Crippen LogP contribution in [0, 0.1) is 0 Å². The van der Waals surface area contributed by atoms with Crippen LogP contribution in [0.25, 0.3) is 0 Å². The van der Waals surface area contributed by atoms with Crippen LogP contribution in [-0.2, 0) is 11.2 Å². The minimum Gasteiger partial charge on any atom is -0.493 e. The number of carbonyl (C=O) groups excluding carboxylic acids is 1. The molecule has 0 bridgehead atoms. The van der Waals surface area contributed by atoms with Gasteiger partial charge in [0.05, 0.1) is 26.5 Å². The van der Waals surface area contributed by atoms with Crippen molar-refractivity contribution in [1.29, 1.82) is 0 Å². The molecule has 6 heteroatoms. The van der Waals surface area contributed by atoms with Crippen molar-refractivity contribution in [3.8, 4) is 11.5 Å². The highest BCUT2D eigenvalue weighted by Crippen LogP contribution is 2.38. The second-order valence-electron chi connectivity index (χ2n) is 7.17. The lowest BCUT2D eigenvalue weighted by atomic mass is 9.83. The maximum atomic E-state index is 12.1. The van der Waals surface area contributed by atoms with E-state index in [0.29, 0.717) is 29.8 Å². The molecule has 1 amide bonds. The third-order valence-corrected chi connectivity index (χ3v) is 5.56. The van der Waals surface area contributed by atoms with E-state index in [0.717, 1.165) is 37.8 Å². The van der Waals surface area contributed by atoms with Gasteiger partial charge >= 0.3 is 6.09 Å². The van der Waals surface area contributed by atoms with Crippen LogP contribution >= 0.6 is 0 Å². The van der Waals surface area contributed by atoms with E-state index in [1.54, 1.807) is 26.7 Å². The molecule has 1 aromatic rings. The smallest absolute Gasteiger partial charge is 0.411 e. The number of methoxy groups -OCH3 is 2. The highest BCUT2D eigenvalue weighted by atomic mass is 16.5. The molecule has 1 aliphatic heterocycles. The molecule has 0 spiro atoms. The third-order valence-electron chi connectivity index (χ3n) is 5.56. The van der Waals surface area contributed by atoms with Crippen molar-refractivity contribution in [3.05, 3.63) is 41.0 Å². The standard InChI is InChI=1S/C22H30N2O4/c1-5-28-22(25)23-18-14-21(27-4)20(26-3)13-16(18)12-19-17-9-7-6-8-15(17)10-11-24(19)2/h6-7,13-14,19H,5,8-12H2,1-4H3,(H,23,25). The molecule has 0 fully saturated rings. The summed E-state index contributed by atoms with van der Waals surface area (Å²) in [5.41, 5.74) is 4.77. The normalized spacial score (nSPS) is 19.2. The highest BCUT2D eigenvalue weighted by Gasteiger charge is 2.29. The SMILES string of the molecule is CCOC(=O)Nc1cc(OC)c(OC)cc1CC1C2=C(CC=CC2)CCN1C. The van der Waals surface area contributed by atoms with E-state index in [-0.39, 0.29) is 0 Å². The summed E-state index contributed by atoms with van der Waals surface area (Å²) in [6.07, 6.45) is 8.03. The molecule has 0 radical (unpaired) electrons. The van der Waals surface area contributed by atoms with Crippen molar-refractivity contribution >= 4 is 11.8 Å². The quantitative estimate of drug-likeness (QED) is 0.744. The fraction of sp³-hybridized carbons (Fsp3) is 0.500. The number of amides is 1. The van der Waals surface area contributed by atoms with E-state index in [4.69, 9.17) is 14.2 Å². The van der Waals surface area contributed by atoms with Crippen molar-refractivity contribution in [3.63, 3.8) is 0 Å². The van der Waals surface area contributed by atoms with Gasteiger partial charge in [-0.05, 0) is 56.9 Å². The van der Waals surface area contributed by atoms with Gasteiger partial charge in [-0.15, -0.1) is 0 Å². The summed E-state index contributed by atoms with van der Waals surface area (Å²) < 4.78 is 16.0. The molecule has 28 heavy (non-hydrogen) atoms. The van der Waals surface area contributed by atoms with Crippen LogP contribution < -0.4 is 14.8 Å². The Balaban J connectivity index is 1.95. The number of hydrogen-bond donors (Lipinski definition) is 1. The molecule has 152 valence electrons. The molecule has 1 N–H and O–H groups in total. The fourth-order valence-electron chi connectivity index (χ4n) is 4.05. The molecular weight excluding hydrogens is 356 g/mol. The summed E-state index contributed by atoms with van der Waals surface area (Å²) in [4.78, 5) is 14.5. The summed E-state index contributed by atoms with van der Waals surface area (Å²) >= 11 is 0. The lowest BCUT2D eigenvalue weighted by Gasteiger charge is -2.38. The highest BCUT2D eigenvalue weighted by molar-refractivity contribution is 5.86. The van der Waals surface area contributed by atoms with Crippen LogP contribution in [0.1, 0.15) is 31.7 Å². The molecule has 3 rings (SSSR count). The summed E-state index contributed by atoms with van der Waals surface area (Å²) in [5.74, 6) is 1.23.